The fourth-order valence-corrected chi connectivity index (χ4v) is 4.21. The number of halogens is 1. The van der Waals surface area contributed by atoms with Gasteiger partial charge in [0.1, 0.15) is 24.2 Å². The van der Waals surface area contributed by atoms with E-state index in [1.165, 1.54) is 36.3 Å². The van der Waals surface area contributed by atoms with Crippen molar-refractivity contribution < 1.29 is 27.1 Å². The zero-order chi connectivity index (χ0) is 24.6. The zero-order valence-electron chi connectivity index (χ0n) is 19.2. The summed E-state index contributed by atoms with van der Waals surface area (Å²) < 4.78 is 44.5. The maximum Gasteiger partial charge on any atom is 0.244 e. The Morgan fingerprint density at radius 3 is 2.15 bits per heavy atom. The molecule has 0 saturated heterocycles. The van der Waals surface area contributed by atoms with Crippen molar-refractivity contribution in [3.63, 3.8) is 0 Å². The molecule has 0 heterocycles. The summed E-state index contributed by atoms with van der Waals surface area (Å²) in [5.74, 6) is -0.779. The molecule has 0 aliphatic heterocycles. The van der Waals surface area contributed by atoms with Crippen LogP contribution in [0.5, 0.6) is 5.75 Å². The third-order valence-corrected chi connectivity index (χ3v) is 6.18. The van der Waals surface area contributed by atoms with E-state index in [0.29, 0.717) is 30.0 Å². The van der Waals surface area contributed by atoms with Crippen LogP contribution in [0.25, 0.3) is 0 Å². The molecule has 180 valence electrons. The van der Waals surface area contributed by atoms with E-state index in [4.69, 9.17) is 4.74 Å². The van der Waals surface area contributed by atoms with Crippen LogP contribution in [-0.2, 0) is 26.2 Å². The standard InChI is InChI=1S/C23H30FN3O5S/c1-5-21(23(29)25-6-2)26(15-17-7-9-18(24)10-8-17)22(28)16-27(33(4,30)31)19-11-13-20(32-3)14-12-19/h7-14,21H,5-6,15-16H2,1-4H3,(H,25,29)/t21-/m0/s1. The third kappa shape index (κ3) is 7.18. The minimum absolute atomic E-state index is 0.0228. The first kappa shape index (κ1) is 26.1. The van der Waals surface area contributed by atoms with Gasteiger partial charge in [0.25, 0.3) is 0 Å². The van der Waals surface area contributed by atoms with Crippen molar-refractivity contribution in [1.29, 1.82) is 0 Å². The monoisotopic (exact) mass is 479 g/mol. The van der Waals surface area contributed by atoms with Crippen molar-refractivity contribution >= 4 is 27.5 Å². The molecule has 33 heavy (non-hydrogen) atoms. The van der Waals surface area contributed by atoms with E-state index in [-0.39, 0.29) is 12.5 Å². The van der Waals surface area contributed by atoms with Crippen molar-refractivity contribution in [3.8, 4) is 5.75 Å². The van der Waals surface area contributed by atoms with E-state index in [9.17, 15) is 22.4 Å². The van der Waals surface area contributed by atoms with E-state index in [1.54, 1.807) is 38.1 Å². The number of hydrogen-bond donors (Lipinski definition) is 1. The van der Waals surface area contributed by atoms with Gasteiger partial charge in [-0.2, -0.15) is 0 Å². The molecule has 0 bridgehead atoms. The number of sulfonamides is 1. The Bertz CT molecular complexity index is 1040. The molecule has 0 aliphatic carbocycles. The molecule has 0 aromatic heterocycles. The average Bonchev–Trinajstić information content (AvgIpc) is 2.78. The first-order valence-electron chi connectivity index (χ1n) is 10.5. The van der Waals surface area contributed by atoms with Crippen LogP contribution in [0.1, 0.15) is 25.8 Å². The predicted molar refractivity (Wildman–Crippen MR) is 125 cm³/mol. The van der Waals surface area contributed by atoms with E-state index < -0.39 is 34.3 Å². The Morgan fingerprint density at radius 1 is 1.06 bits per heavy atom. The lowest BCUT2D eigenvalue weighted by Gasteiger charge is -2.32. The molecular formula is C23H30FN3O5S. The molecule has 8 nitrogen and oxygen atoms in total. The summed E-state index contributed by atoms with van der Waals surface area (Å²) >= 11 is 0. The van der Waals surface area contributed by atoms with Gasteiger partial charge in [-0.25, -0.2) is 12.8 Å². The quantitative estimate of drug-likeness (QED) is 0.534. The number of carbonyl (C=O) groups is 2. The molecule has 10 heteroatoms. The highest BCUT2D eigenvalue weighted by Crippen LogP contribution is 2.22. The summed E-state index contributed by atoms with van der Waals surface area (Å²) in [7, 11) is -2.32. The molecule has 2 amide bonds. The summed E-state index contributed by atoms with van der Waals surface area (Å²) in [6.45, 7) is 3.45. The Hall–Kier alpha value is -3.14. The molecule has 0 fully saturated rings. The summed E-state index contributed by atoms with van der Waals surface area (Å²) in [5, 5.41) is 2.72. The van der Waals surface area contributed by atoms with Crippen molar-refractivity contribution in [2.45, 2.75) is 32.9 Å². The highest BCUT2D eigenvalue weighted by atomic mass is 32.2. The number of rotatable bonds is 11. The van der Waals surface area contributed by atoms with Crippen molar-refractivity contribution in [1.82, 2.24) is 10.2 Å². The molecule has 0 unspecified atom stereocenters. The van der Waals surface area contributed by atoms with Crippen molar-refractivity contribution in [3.05, 3.63) is 59.9 Å². The molecule has 2 aromatic rings. The lowest BCUT2D eigenvalue weighted by molar-refractivity contribution is -0.140. The van der Waals surface area contributed by atoms with Crippen LogP contribution in [0.3, 0.4) is 0 Å². The van der Waals surface area contributed by atoms with Gasteiger partial charge in [-0.3, -0.25) is 13.9 Å². The number of nitrogens with zero attached hydrogens (tertiary/aromatic N) is 2. The second-order valence-electron chi connectivity index (χ2n) is 7.43. The fraction of sp³-hybridized carbons (Fsp3) is 0.391. The van der Waals surface area contributed by atoms with Crippen LogP contribution in [0.2, 0.25) is 0 Å². The molecule has 0 radical (unpaired) electrons. The normalized spacial score (nSPS) is 12.0. The first-order valence-corrected chi connectivity index (χ1v) is 12.4. The Morgan fingerprint density at radius 2 is 1.67 bits per heavy atom. The van der Waals surface area contributed by atoms with Gasteiger partial charge < -0.3 is 15.0 Å². The number of methoxy groups -OCH3 is 1. The molecule has 2 rings (SSSR count). The molecule has 0 aliphatic rings. The summed E-state index contributed by atoms with van der Waals surface area (Å²) in [6, 6.07) is 11.0. The number of anilines is 1. The number of ether oxygens (including phenoxy) is 1. The molecule has 0 saturated carbocycles. The smallest absolute Gasteiger partial charge is 0.244 e. The lowest BCUT2D eigenvalue weighted by atomic mass is 10.1. The maximum absolute atomic E-state index is 13.4. The first-order chi connectivity index (χ1) is 15.6. The van der Waals surface area contributed by atoms with Gasteiger partial charge in [-0.05, 0) is 55.3 Å². The van der Waals surface area contributed by atoms with Gasteiger partial charge in [0.2, 0.25) is 21.8 Å². The van der Waals surface area contributed by atoms with E-state index in [2.05, 4.69) is 5.32 Å². The van der Waals surface area contributed by atoms with E-state index in [0.717, 1.165) is 10.6 Å². The number of hydrogen-bond acceptors (Lipinski definition) is 5. The van der Waals surface area contributed by atoms with Gasteiger partial charge in [0.05, 0.1) is 19.1 Å². The average molecular weight is 480 g/mol. The Balaban J connectivity index is 2.40. The summed E-state index contributed by atoms with van der Waals surface area (Å²) in [5.41, 5.74) is 0.905. The number of benzene rings is 2. The molecular weight excluding hydrogens is 449 g/mol. The largest absolute Gasteiger partial charge is 0.497 e. The van der Waals surface area contributed by atoms with Gasteiger partial charge in [-0.1, -0.05) is 19.1 Å². The Labute approximate surface area is 194 Å². The van der Waals surface area contributed by atoms with E-state index >= 15 is 0 Å². The minimum atomic E-state index is -3.81. The van der Waals surface area contributed by atoms with Crippen molar-refractivity contribution in [2.24, 2.45) is 0 Å². The van der Waals surface area contributed by atoms with Gasteiger partial charge in [0.15, 0.2) is 0 Å². The topological polar surface area (TPSA) is 96.0 Å². The number of amides is 2. The van der Waals surface area contributed by atoms with Crippen LogP contribution in [0.4, 0.5) is 10.1 Å². The third-order valence-electron chi connectivity index (χ3n) is 5.04. The summed E-state index contributed by atoms with van der Waals surface area (Å²) in [4.78, 5) is 27.4. The maximum atomic E-state index is 13.4. The van der Waals surface area contributed by atoms with Crippen LogP contribution in [0, 0.1) is 5.82 Å². The van der Waals surface area contributed by atoms with Crippen LogP contribution in [-0.4, -0.2) is 57.6 Å². The summed E-state index contributed by atoms with van der Waals surface area (Å²) in [6.07, 6.45) is 1.33. The minimum Gasteiger partial charge on any atom is -0.497 e. The SMILES string of the molecule is CCNC(=O)[C@H](CC)N(Cc1ccc(F)cc1)C(=O)CN(c1ccc(OC)cc1)S(C)(=O)=O. The highest BCUT2D eigenvalue weighted by Gasteiger charge is 2.31. The lowest BCUT2D eigenvalue weighted by Crippen LogP contribution is -2.52. The second-order valence-corrected chi connectivity index (χ2v) is 9.34. The van der Waals surface area contributed by atoms with Crippen LogP contribution in [0.15, 0.2) is 48.5 Å². The number of nitrogens with one attached hydrogen (secondary N) is 1. The molecule has 1 N–H and O–H groups in total. The van der Waals surface area contributed by atoms with Gasteiger partial charge >= 0.3 is 0 Å². The van der Waals surface area contributed by atoms with Gasteiger partial charge in [-0.15, -0.1) is 0 Å². The molecule has 1 atom stereocenters. The van der Waals surface area contributed by atoms with E-state index in [1.807, 2.05) is 0 Å². The number of likely N-dealkylation sites (N-methyl/N-ethyl adjacent to an activating group) is 1. The van der Waals surface area contributed by atoms with Crippen molar-refractivity contribution in [2.75, 3.05) is 30.8 Å². The molecule has 0 spiro atoms. The predicted octanol–water partition coefficient (Wildman–Crippen LogP) is 2.54. The van der Waals surface area contributed by atoms with Crippen LogP contribution < -0.4 is 14.4 Å². The second kappa shape index (κ2) is 11.6. The van der Waals surface area contributed by atoms with Gasteiger partial charge in [0, 0.05) is 13.1 Å². The van der Waals surface area contributed by atoms with Crippen LogP contribution >= 0.6 is 0 Å². The highest BCUT2D eigenvalue weighted by molar-refractivity contribution is 7.92. The Kier molecular flexibility index (Phi) is 9.22. The zero-order valence-corrected chi connectivity index (χ0v) is 20.1. The fourth-order valence-electron chi connectivity index (χ4n) is 3.36. The molecule has 2 aromatic carbocycles. The number of carbonyl (C=O) groups excluding carboxylic acids is 2.